The van der Waals surface area contributed by atoms with E-state index >= 15 is 0 Å². The first-order chi connectivity index (χ1) is 15.6. The van der Waals surface area contributed by atoms with E-state index in [4.69, 9.17) is 5.10 Å². The van der Waals surface area contributed by atoms with Gasteiger partial charge in [-0.3, -0.25) is 10.2 Å². The maximum absolute atomic E-state index is 12.2. The molecule has 2 aliphatic heterocycles. The Kier molecular flexibility index (Phi) is 6.94. The van der Waals surface area contributed by atoms with Crippen LogP contribution in [0, 0.1) is 0 Å². The second-order valence-electron chi connectivity index (χ2n) is 8.38. The third kappa shape index (κ3) is 4.88. The van der Waals surface area contributed by atoms with Crippen molar-refractivity contribution in [3.8, 4) is 5.69 Å². The van der Waals surface area contributed by atoms with Gasteiger partial charge in [0.2, 0.25) is 5.91 Å². The number of carbonyl (C=O) groups excluding carboxylic acids is 2. The zero-order chi connectivity index (χ0) is 22.5. The van der Waals surface area contributed by atoms with Crippen molar-refractivity contribution in [1.82, 2.24) is 25.5 Å². The van der Waals surface area contributed by atoms with Crippen molar-refractivity contribution in [3.05, 3.63) is 35.5 Å². The topological polar surface area (TPSA) is 94.5 Å². The third-order valence-electron chi connectivity index (χ3n) is 5.98. The number of hydrogen-bond acceptors (Lipinski definition) is 5. The van der Waals surface area contributed by atoms with Crippen LogP contribution in [0.4, 0.5) is 16.3 Å². The average Bonchev–Trinajstić information content (AvgIpc) is 3.52. The zero-order valence-electron chi connectivity index (χ0n) is 19.0. The average molecular weight is 440 g/mol. The number of hydrogen-bond donors (Lipinski definition) is 3. The van der Waals surface area contributed by atoms with E-state index in [0.29, 0.717) is 31.9 Å². The van der Waals surface area contributed by atoms with Gasteiger partial charge >= 0.3 is 6.03 Å². The van der Waals surface area contributed by atoms with Crippen LogP contribution in [0.3, 0.4) is 0 Å². The SMILES string of the molecule is CCCCNC(=O)NN1Cc2nn(-c3ccc(N4CCCC4)cc3)c(NC(=O)CC)c2C1. The smallest absolute Gasteiger partial charge is 0.329 e. The number of rotatable bonds is 8. The Labute approximate surface area is 189 Å². The number of unbranched alkanes of at least 4 members (excludes halogenated alkanes) is 1. The molecule has 172 valence electrons. The van der Waals surface area contributed by atoms with Crippen LogP contribution in [0.25, 0.3) is 5.69 Å². The Morgan fingerprint density at radius 1 is 1.03 bits per heavy atom. The van der Waals surface area contributed by atoms with Crippen LogP contribution in [0.2, 0.25) is 0 Å². The minimum absolute atomic E-state index is 0.0636. The molecule has 0 atom stereocenters. The van der Waals surface area contributed by atoms with Crippen LogP contribution in [0.5, 0.6) is 0 Å². The van der Waals surface area contributed by atoms with Crippen LogP contribution in [0.15, 0.2) is 24.3 Å². The number of hydrazine groups is 1. The lowest BCUT2D eigenvalue weighted by Gasteiger charge is -2.19. The van der Waals surface area contributed by atoms with E-state index in [9.17, 15) is 9.59 Å². The number of amides is 3. The first-order valence-corrected chi connectivity index (χ1v) is 11.6. The second-order valence-corrected chi connectivity index (χ2v) is 8.38. The molecule has 2 aromatic rings. The number of urea groups is 1. The summed E-state index contributed by atoms with van der Waals surface area (Å²) in [6, 6.07) is 8.12. The van der Waals surface area contributed by atoms with Crippen molar-refractivity contribution in [2.75, 3.05) is 29.9 Å². The Morgan fingerprint density at radius 2 is 1.75 bits per heavy atom. The highest BCUT2D eigenvalue weighted by Crippen LogP contribution is 2.31. The molecule has 1 aromatic heterocycles. The van der Waals surface area contributed by atoms with Gasteiger partial charge in [-0.25, -0.2) is 14.5 Å². The first-order valence-electron chi connectivity index (χ1n) is 11.6. The van der Waals surface area contributed by atoms with E-state index in [1.807, 2.05) is 16.6 Å². The highest BCUT2D eigenvalue weighted by Gasteiger charge is 2.29. The fourth-order valence-electron chi connectivity index (χ4n) is 4.17. The van der Waals surface area contributed by atoms with Crippen molar-refractivity contribution in [3.63, 3.8) is 0 Å². The number of nitrogens with one attached hydrogen (secondary N) is 3. The molecule has 0 unspecified atom stereocenters. The number of anilines is 2. The van der Waals surface area contributed by atoms with Gasteiger partial charge in [-0.2, -0.15) is 5.10 Å². The maximum atomic E-state index is 12.2. The molecule has 0 radical (unpaired) electrons. The van der Waals surface area contributed by atoms with Crippen molar-refractivity contribution in [1.29, 1.82) is 0 Å². The number of aromatic nitrogens is 2. The number of fused-ring (bicyclic) bond motifs is 1. The van der Waals surface area contributed by atoms with Gasteiger partial charge in [0.25, 0.3) is 0 Å². The Hall–Kier alpha value is -3.07. The summed E-state index contributed by atoms with van der Waals surface area (Å²) in [5.41, 5.74) is 6.79. The van der Waals surface area contributed by atoms with Gasteiger partial charge in [0.05, 0.1) is 17.9 Å². The molecule has 0 spiro atoms. The predicted octanol–water partition coefficient (Wildman–Crippen LogP) is 3.15. The molecule has 32 heavy (non-hydrogen) atoms. The fraction of sp³-hybridized carbons (Fsp3) is 0.522. The van der Waals surface area contributed by atoms with Gasteiger partial charge in [-0.15, -0.1) is 0 Å². The summed E-state index contributed by atoms with van der Waals surface area (Å²) in [5, 5.41) is 12.5. The molecular formula is C23H33N7O2. The molecule has 3 heterocycles. The third-order valence-corrected chi connectivity index (χ3v) is 5.98. The van der Waals surface area contributed by atoms with E-state index in [2.05, 4.69) is 52.1 Å². The lowest BCUT2D eigenvalue weighted by molar-refractivity contribution is -0.115. The van der Waals surface area contributed by atoms with E-state index < -0.39 is 0 Å². The number of benzene rings is 1. The van der Waals surface area contributed by atoms with Crippen molar-refractivity contribution in [2.45, 2.75) is 59.0 Å². The van der Waals surface area contributed by atoms with Crippen molar-refractivity contribution < 1.29 is 9.59 Å². The molecule has 3 amide bonds. The molecule has 2 aliphatic rings. The molecule has 1 fully saturated rings. The molecule has 1 saturated heterocycles. The summed E-state index contributed by atoms with van der Waals surface area (Å²) in [6.45, 7) is 7.74. The minimum Gasteiger partial charge on any atom is -0.372 e. The van der Waals surface area contributed by atoms with E-state index in [-0.39, 0.29) is 11.9 Å². The highest BCUT2D eigenvalue weighted by molar-refractivity contribution is 5.91. The van der Waals surface area contributed by atoms with E-state index in [1.54, 1.807) is 0 Å². The normalized spacial score (nSPS) is 15.6. The molecule has 9 nitrogen and oxygen atoms in total. The highest BCUT2D eigenvalue weighted by atomic mass is 16.2. The van der Waals surface area contributed by atoms with Crippen LogP contribution in [-0.4, -0.2) is 46.4 Å². The minimum atomic E-state index is -0.215. The van der Waals surface area contributed by atoms with E-state index in [1.165, 1.54) is 18.5 Å². The van der Waals surface area contributed by atoms with Crippen LogP contribution in [-0.2, 0) is 17.9 Å². The Balaban J connectivity index is 1.51. The molecule has 0 bridgehead atoms. The quantitative estimate of drug-likeness (QED) is 0.550. The van der Waals surface area contributed by atoms with Gasteiger partial charge in [0, 0.05) is 43.9 Å². The van der Waals surface area contributed by atoms with Crippen LogP contribution in [0.1, 0.15) is 57.2 Å². The van der Waals surface area contributed by atoms with Gasteiger partial charge in [0.15, 0.2) is 0 Å². The lowest BCUT2D eigenvalue weighted by Crippen LogP contribution is -2.45. The molecular weight excluding hydrogens is 406 g/mol. The Morgan fingerprint density at radius 3 is 2.44 bits per heavy atom. The second kappa shape index (κ2) is 10.0. The van der Waals surface area contributed by atoms with Crippen molar-refractivity contribution in [2.24, 2.45) is 0 Å². The zero-order valence-corrected chi connectivity index (χ0v) is 19.0. The predicted molar refractivity (Wildman–Crippen MR) is 125 cm³/mol. The van der Waals surface area contributed by atoms with Gasteiger partial charge in [-0.1, -0.05) is 20.3 Å². The summed E-state index contributed by atoms with van der Waals surface area (Å²) >= 11 is 0. The first kappa shape index (κ1) is 22.1. The maximum Gasteiger partial charge on any atom is 0.329 e. The Bertz CT molecular complexity index is 948. The largest absolute Gasteiger partial charge is 0.372 e. The molecule has 3 N–H and O–H groups in total. The summed E-state index contributed by atoms with van der Waals surface area (Å²) in [6.07, 6.45) is 4.84. The lowest BCUT2D eigenvalue weighted by atomic mass is 10.2. The van der Waals surface area contributed by atoms with Gasteiger partial charge in [-0.05, 0) is 43.5 Å². The molecule has 1 aromatic carbocycles. The molecule has 9 heteroatoms. The summed E-state index contributed by atoms with van der Waals surface area (Å²) < 4.78 is 1.81. The van der Waals surface area contributed by atoms with Crippen LogP contribution >= 0.6 is 0 Å². The molecule has 0 saturated carbocycles. The standard InChI is InChI=1S/C23H33N7O2/c1-3-5-12-24-23(32)27-29-15-19-20(16-29)26-30(22(19)25-21(31)4-2)18-10-8-17(9-11-18)28-13-6-7-14-28/h8-11H,3-7,12-16H2,1-2H3,(H,25,31)(H2,24,27,32). The van der Waals surface area contributed by atoms with Crippen LogP contribution < -0.4 is 21.0 Å². The number of carbonyl (C=O) groups is 2. The van der Waals surface area contributed by atoms with Crippen molar-refractivity contribution >= 4 is 23.4 Å². The molecule has 0 aliphatic carbocycles. The van der Waals surface area contributed by atoms with Gasteiger partial charge < -0.3 is 15.5 Å². The van der Waals surface area contributed by atoms with Gasteiger partial charge in [0.1, 0.15) is 5.82 Å². The number of nitrogens with zero attached hydrogens (tertiary/aromatic N) is 4. The fourth-order valence-corrected chi connectivity index (χ4v) is 4.17. The summed E-state index contributed by atoms with van der Waals surface area (Å²) in [5.74, 6) is 0.614. The summed E-state index contributed by atoms with van der Waals surface area (Å²) in [4.78, 5) is 26.8. The van der Waals surface area contributed by atoms with E-state index in [0.717, 1.165) is 42.9 Å². The summed E-state index contributed by atoms with van der Waals surface area (Å²) in [7, 11) is 0. The monoisotopic (exact) mass is 439 g/mol. The molecule has 4 rings (SSSR count).